The molecule has 0 bridgehead atoms. The molecule has 0 aromatic heterocycles. The molecule has 16 heteroatoms. The first-order valence-electron chi connectivity index (χ1n) is 27.0. The zero-order chi connectivity index (χ0) is 56.0. The van der Waals surface area contributed by atoms with Crippen molar-refractivity contribution in [2.24, 2.45) is 11.8 Å². The molecule has 0 radical (unpaired) electrons. The summed E-state index contributed by atoms with van der Waals surface area (Å²) in [4.78, 5) is 45.0. The van der Waals surface area contributed by atoms with Crippen LogP contribution in [0.2, 0.25) is 0 Å². The lowest BCUT2D eigenvalue weighted by molar-refractivity contribution is -0.373. The van der Waals surface area contributed by atoms with Gasteiger partial charge in [0, 0.05) is 45.1 Å². The average Bonchev–Trinajstić information content (AvgIpc) is 2.73. The molecule has 10 rings (SSSR count). The van der Waals surface area contributed by atoms with Crippen molar-refractivity contribution in [1.82, 2.24) is 0 Å². The quantitative estimate of drug-likeness (QED) is 0.0672. The van der Waals surface area contributed by atoms with Crippen molar-refractivity contribution < 1.29 is 67.2 Å². The number of methoxy groups -OCH3 is 1. The summed E-state index contributed by atoms with van der Waals surface area (Å²) < 4.78 is 58.4. The minimum atomic E-state index is -1.67. The SMILES string of the molecule is COC(=O)/C(C)=C\CC12OC(C)(C)[C@@H](C)C13Oc1c(CC=C(C)C)c4c(c(OC(=O)c5ccc(O[C@@H]6O[C@@H]7COC(C)(C)O[C@H]7[C@H](O)[C@H]6O)cc5)c1C1=C3C(Sc3ccccc3N1)[C@H](C)C2=O)C=CC(C)(CCC=C(C)C)O4. The van der Waals surface area contributed by atoms with E-state index in [1.54, 1.807) is 62.9 Å². The lowest BCUT2D eigenvalue weighted by atomic mass is 9.57. The number of fused-ring (bicyclic) bond motifs is 5. The molecule has 78 heavy (non-hydrogen) atoms. The minimum absolute atomic E-state index is 0.00646. The number of hydrogen-bond donors (Lipinski definition) is 3. The highest BCUT2D eigenvalue weighted by Crippen LogP contribution is 2.69. The number of aliphatic hydroxyl groups excluding tert-OH is 2. The first kappa shape index (κ1) is 55.6. The van der Waals surface area contributed by atoms with Gasteiger partial charge in [0.15, 0.2) is 28.5 Å². The van der Waals surface area contributed by atoms with Crippen LogP contribution in [0.4, 0.5) is 5.69 Å². The van der Waals surface area contributed by atoms with Crippen molar-refractivity contribution in [2.45, 2.75) is 178 Å². The van der Waals surface area contributed by atoms with Crippen LogP contribution in [-0.4, -0.2) is 106 Å². The zero-order valence-corrected chi connectivity index (χ0v) is 47.7. The van der Waals surface area contributed by atoms with E-state index in [1.807, 2.05) is 78.0 Å². The highest BCUT2D eigenvalue weighted by atomic mass is 32.2. The second kappa shape index (κ2) is 20.4. The summed E-state index contributed by atoms with van der Waals surface area (Å²) >= 11 is 1.59. The molecule has 15 nitrogen and oxygen atoms in total. The average molecular weight is 1090 g/mol. The molecule has 4 unspecified atom stereocenters. The number of rotatable bonds is 12. The molecule has 3 aromatic rings. The van der Waals surface area contributed by atoms with Crippen molar-refractivity contribution >= 4 is 46.9 Å². The Balaban J connectivity index is 1.16. The number of aliphatic hydroxyl groups is 2. The van der Waals surface area contributed by atoms with Gasteiger partial charge in [-0.15, -0.1) is 11.8 Å². The molecule has 6 heterocycles. The molecule has 7 aliphatic rings. The minimum Gasteiger partial charge on any atom is -0.482 e. The topological polar surface area (TPSA) is 187 Å². The molecular weight excluding hydrogens is 1010 g/mol. The fourth-order valence-corrected chi connectivity index (χ4v) is 13.6. The number of Topliss-reactive ketones (excluding diaryl/α,β-unsaturated/α-hetero) is 1. The highest BCUT2D eigenvalue weighted by molar-refractivity contribution is 8.00. The number of esters is 2. The van der Waals surface area contributed by atoms with Crippen LogP contribution < -0.4 is 24.3 Å². The number of thioether (sulfide) groups is 1. The Kier molecular flexibility index (Phi) is 14.6. The van der Waals surface area contributed by atoms with Gasteiger partial charge in [0.25, 0.3) is 0 Å². The van der Waals surface area contributed by atoms with Crippen LogP contribution in [0, 0.1) is 11.8 Å². The van der Waals surface area contributed by atoms with Gasteiger partial charge in [0.05, 0.1) is 47.4 Å². The van der Waals surface area contributed by atoms with Crippen LogP contribution in [0.1, 0.15) is 129 Å². The van der Waals surface area contributed by atoms with Crippen LogP contribution in [-0.2, 0) is 39.7 Å². The molecule has 0 amide bonds. The molecule has 6 aliphatic heterocycles. The van der Waals surface area contributed by atoms with Crippen LogP contribution in [0.3, 0.4) is 0 Å². The lowest BCUT2D eigenvalue weighted by Gasteiger charge is -2.56. The molecule has 4 fully saturated rings. The van der Waals surface area contributed by atoms with E-state index < -0.39 is 87.9 Å². The van der Waals surface area contributed by atoms with Crippen molar-refractivity contribution in [3.05, 3.63) is 117 Å². The number of benzene rings is 3. The van der Waals surface area contributed by atoms with Crippen molar-refractivity contribution in [3.8, 4) is 23.0 Å². The Morgan fingerprint density at radius 2 is 1.62 bits per heavy atom. The van der Waals surface area contributed by atoms with Crippen LogP contribution in [0.25, 0.3) is 11.8 Å². The van der Waals surface area contributed by atoms with Crippen molar-refractivity contribution in [1.29, 1.82) is 0 Å². The molecule has 3 N–H and O–H groups in total. The van der Waals surface area contributed by atoms with Gasteiger partial charge < -0.3 is 58.2 Å². The normalized spacial score (nSPS) is 31.7. The van der Waals surface area contributed by atoms with E-state index in [9.17, 15) is 15.0 Å². The summed E-state index contributed by atoms with van der Waals surface area (Å²) in [6.45, 7) is 23.5. The second-order valence-electron chi connectivity index (χ2n) is 23.4. The monoisotopic (exact) mass is 1090 g/mol. The zero-order valence-electron chi connectivity index (χ0n) is 46.9. The second-order valence-corrected chi connectivity index (χ2v) is 24.6. The predicted octanol–water partition coefficient (Wildman–Crippen LogP) is 10.6. The summed E-state index contributed by atoms with van der Waals surface area (Å²) in [7, 11) is 1.33. The summed E-state index contributed by atoms with van der Waals surface area (Å²) in [5, 5.41) is 25.6. The third-order valence-electron chi connectivity index (χ3n) is 16.6. The molecule has 1 spiro atoms. The highest BCUT2D eigenvalue weighted by Gasteiger charge is 2.78. The number of anilines is 1. The van der Waals surface area contributed by atoms with E-state index in [2.05, 4.69) is 38.2 Å². The van der Waals surface area contributed by atoms with Crippen LogP contribution in [0.15, 0.2) is 100 Å². The number of ether oxygens (including phenoxy) is 9. The summed E-state index contributed by atoms with van der Waals surface area (Å²) in [5.74, 6) is -2.19. The van der Waals surface area contributed by atoms with E-state index in [0.717, 1.165) is 28.1 Å². The van der Waals surface area contributed by atoms with E-state index >= 15 is 9.59 Å². The van der Waals surface area contributed by atoms with Gasteiger partial charge in [-0.3, -0.25) is 4.79 Å². The number of carbonyl (C=O) groups excluding carboxylic acids is 3. The van der Waals surface area contributed by atoms with Gasteiger partial charge in [-0.1, -0.05) is 55.4 Å². The van der Waals surface area contributed by atoms with Gasteiger partial charge in [0.1, 0.15) is 47.3 Å². The van der Waals surface area contributed by atoms with Gasteiger partial charge in [-0.05, 0) is 137 Å². The number of hydrogen-bond acceptors (Lipinski definition) is 16. The van der Waals surface area contributed by atoms with E-state index in [1.165, 1.54) is 12.7 Å². The molecule has 1 saturated carbocycles. The fourth-order valence-electron chi connectivity index (χ4n) is 12.2. The number of carbonyl (C=O) groups is 3. The maximum absolute atomic E-state index is 15.9. The summed E-state index contributed by atoms with van der Waals surface area (Å²) in [6, 6.07) is 14.2. The number of ketones is 1. The Morgan fingerprint density at radius 3 is 2.32 bits per heavy atom. The third-order valence-corrected chi connectivity index (χ3v) is 18.1. The van der Waals surface area contributed by atoms with Crippen LogP contribution in [0.5, 0.6) is 23.0 Å². The maximum Gasteiger partial charge on any atom is 0.343 e. The lowest BCUT2D eigenvalue weighted by Crippen LogP contribution is -2.70. The fraction of sp³-hybridized carbons (Fsp3) is 0.500. The molecule has 3 saturated heterocycles. The summed E-state index contributed by atoms with van der Waals surface area (Å²) in [6.07, 6.45) is 6.19. The largest absolute Gasteiger partial charge is 0.482 e. The van der Waals surface area contributed by atoms with Crippen molar-refractivity contribution in [3.63, 3.8) is 0 Å². The van der Waals surface area contributed by atoms with E-state index in [-0.39, 0.29) is 35.9 Å². The molecule has 11 atom stereocenters. The number of para-hydroxylation sites is 1. The van der Waals surface area contributed by atoms with Gasteiger partial charge >= 0.3 is 11.9 Å². The molecule has 3 aromatic carbocycles. The number of nitrogens with one attached hydrogen (secondary N) is 1. The van der Waals surface area contributed by atoms with Gasteiger partial charge in [0.2, 0.25) is 6.29 Å². The Morgan fingerprint density at radius 1 is 0.897 bits per heavy atom. The maximum atomic E-state index is 15.9. The first-order valence-corrected chi connectivity index (χ1v) is 27.9. The first-order chi connectivity index (χ1) is 36.8. The van der Waals surface area contributed by atoms with Crippen LogP contribution >= 0.6 is 11.8 Å². The number of allylic oxidation sites excluding steroid dienone is 4. The smallest absolute Gasteiger partial charge is 0.343 e. The Hall–Kier alpha value is -5.72. The van der Waals surface area contributed by atoms with Crippen molar-refractivity contribution in [2.75, 3.05) is 19.0 Å². The van der Waals surface area contributed by atoms with E-state index in [4.69, 9.17) is 42.6 Å². The predicted molar refractivity (Wildman–Crippen MR) is 296 cm³/mol. The third kappa shape index (κ3) is 9.42. The molecule has 1 aliphatic carbocycles. The summed E-state index contributed by atoms with van der Waals surface area (Å²) in [5.41, 5.74) is 1.70. The molecule has 416 valence electrons. The Labute approximate surface area is 461 Å². The van der Waals surface area contributed by atoms with E-state index in [0.29, 0.717) is 52.3 Å². The Bertz CT molecular complexity index is 3090. The standard InChI is InChI=1S/C62H73NO14S/c1-32(2)17-16-28-60(12)29-27-40-49(75-60)39(25-20-33(3)4)51-44(50(40)73-56(68)37-21-23-38(24-22-37)71-57-48(65)47(64)52-42(72-57)31-70-59(10,11)74-52)46-45-53(78-43-19-15-14-18-41(43)63-46)35(6)54(66)61(30-26-34(5)55(67)69-13)62(45,76-51)36(7)58(8,9)77-61/h14-15,17-24,26-27,29,35-36,42,47-48,52-53,57,63-65H,16,25,28,30-31H2,1-13H3/b34-26-/t35-,36+,42+,47+,48+,52+,53?,57+,60?,61?,62?/m0/s1. The van der Waals surface area contributed by atoms with Gasteiger partial charge in [-0.25, -0.2) is 9.59 Å². The molecular formula is C62H73NO14S. The van der Waals surface area contributed by atoms with Gasteiger partial charge in [-0.2, -0.15) is 0 Å².